The SMILES string of the molecule is COc1ccc(OC)c(CNC(=O)Cc2nnc(-c3cnccn3)o2)c1. The number of hydrogen-bond donors (Lipinski definition) is 1. The van der Waals surface area contributed by atoms with Crippen LogP contribution in [0.15, 0.2) is 41.2 Å². The Morgan fingerprint density at radius 2 is 2.08 bits per heavy atom. The van der Waals surface area contributed by atoms with Gasteiger partial charge in [-0.05, 0) is 18.2 Å². The molecule has 2 aromatic heterocycles. The van der Waals surface area contributed by atoms with Crippen molar-refractivity contribution in [3.05, 3.63) is 48.2 Å². The molecule has 9 heteroatoms. The van der Waals surface area contributed by atoms with E-state index in [1.165, 1.54) is 12.4 Å². The van der Waals surface area contributed by atoms with E-state index in [1.807, 2.05) is 0 Å². The summed E-state index contributed by atoms with van der Waals surface area (Å²) in [4.78, 5) is 20.1. The molecule has 26 heavy (non-hydrogen) atoms. The summed E-state index contributed by atoms with van der Waals surface area (Å²) in [5.41, 5.74) is 1.25. The number of amides is 1. The quantitative estimate of drug-likeness (QED) is 0.677. The van der Waals surface area contributed by atoms with Gasteiger partial charge in [0.05, 0.1) is 20.4 Å². The second-order valence-electron chi connectivity index (χ2n) is 5.22. The summed E-state index contributed by atoms with van der Waals surface area (Å²) in [6.45, 7) is 0.282. The van der Waals surface area contributed by atoms with Crippen molar-refractivity contribution in [2.24, 2.45) is 0 Å². The molecule has 0 spiro atoms. The lowest BCUT2D eigenvalue weighted by Gasteiger charge is -2.11. The van der Waals surface area contributed by atoms with Crippen molar-refractivity contribution in [2.45, 2.75) is 13.0 Å². The van der Waals surface area contributed by atoms with Crippen molar-refractivity contribution in [3.8, 4) is 23.1 Å². The lowest BCUT2D eigenvalue weighted by Crippen LogP contribution is -2.25. The van der Waals surface area contributed by atoms with Gasteiger partial charge in [-0.2, -0.15) is 0 Å². The van der Waals surface area contributed by atoms with Gasteiger partial charge in [-0.3, -0.25) is 9.78 Å². The van der Waals surface area contributed by atoms with Gasteiger partial charge in [-0.15, -0.1) is 10.2 Å². The molecule has 0 unspecified atom stereocenters. The molecule has 2 heterocycles. The molecule has 1 amide bonds. The fraction of sp³-hybridized carbons (Fsp3) is 0.235. The summed E-state index contributed by atoms with van der Waals surface area (Å²) in [6.07, 6.45) is 4.53. The minimum Gasteiger partial charge on any atom is -0.497 e. The van der Waals surface area contributed by atoms with E-state index in [9.17, 15) is 4.79 Å². The van der Waals surface area contributed by atoms with E-state index in [0.717, 1.165) is 5.56 Å². The van der Waals surface area contributed by atoms with E-state index in [4.69, 9.17) is 13.9 Å². The number of ether oxygens (including phenoxy) is 2. The molecular weight excluding hydrogens is 338 g/mol. The van der Waals surface area contributed by atoms with Gasteiger partial charge in [-0.25, -0.2) is 4.98 Å². The van der Waals surface area contributed by atoms with Crippen molar-refractivity contribution < 1.29 is 18.7 Å². The van der Waals surface area contributed by atoms with E-state index in [1.54, 1.807) is 38.6 Å². The first kappa shape index (κ1) is 17.3. The maximum absolute atomic E-state index is 12.1. The first-order chi connectivity index (χ1) is 12.7. The summed E-state index contributed by atoms with van der Waals surface area (Å²) < 4.78 is 15.9. The van der Waals surface area contributed by atoms with Crippen molar-refractivity contribution in [1.29, 1.82) is 0 Å². The summed E-state index contributed by atoms with van der Waals surface area (Å²) in [5.74, 6) is 1.50. The van der Waals surface area contributed by atoms with Crippen LogP contribution in [0.25, 0.3) is 11.6 Å². The average Bonchev–Trinajstić information content (AvgIpc) is 3.15. The Bertz CT molecular complexity index is 882. The Balaban J connectivity index is 1.61. The highest BCUT2D eigenvalue weighted by Gasteiger charge is 2.14. The number of nitrogens with zero attached hydrogens (tertiary/aromatic N) is 4. The number of nitrogens with one attached hydrogen (secondary N) is 1. The molecule has 0 fully saturated rings. The third kappa shape index (κ3) is 4.12. The zero-order chi connectivity index (χ0) is 18.4. The Labute approximate surface area is 149 Å². The van der Waals surface area contributed by atoms with Crippen molar-refractivity contribution in [2.75, 3.05) is 14.2 Å². The number of carbonyl (C=O) groups excluding carboxylic acids is 1. The third-order valence-corrected chi connectivity index (χ3v) is 3.52. The van der Waals surface area contributed by atoms with E-state index in [-0.39, 0.29) is 30.7 Å². The number of hydrogen-bond acceptors (Lipinski definition) is 8. The van der Waals surface area contributed by atoms with E-state index in [0.29, 0.717) is 17.2 Å². The summed E-state index contributed by atoms with van der Waals surface area (Å²) in [7, 11) is 3.15. The highest BCUT2D eigenvalue weighted by Crippen LogP contribution is 2.23. The topological polar surface area (TPSA) is 112 Å². The zero-order valence-corrected chi connectivity index (χ0v) is 14.3. The molecule has 0 aliphatic heterocycles. The van der Waals surface area contributed by atoms with E-state index >= 15 is 0 Å². The van der Waals surface area contributed by atoms with Crippen LogP contribution in [0, 0.1) is 0 Å². The van der Waals surface area contributed by atoms with Crippen LogP contribution in [0.3, 0.4) is 0 Å². The van der Waals surface area contributed by atoms with Gasteiger partial charge in [0.2, 0.25) is 11.8 Å². The first-order valence-electron chi connectivity index (χ1n) is 7.76. The normalized spacial score (nSPS) is 10.4. The van der Waals surface area contributed by atoms with Crippen LogP contribution in [0.5, 0.6) is 11.5 Å². The van der Waals surface area contributed by atoms with Gasteiger partial charge in [0.1, 0.15) is 23.6 Å². The monoisotopic (exact) mass is 355 g/mol. The minimum absolute atomic E-state index is 0.0421. The van der Waals surface area contributed by atoms with Crippen molar-refractivity contribution >= 4 is 5.91 Å². The molecule has 0 aliphatic rings. The number of rotatable bonds is 7. The number of aromatic nitrogens is 4. The molecule has 0 aliphatic carbocycles. The van der Waals surface area contributed by atoms with Crippen LogP contribution in [-0.2, 0) is 17.8 Å². The molecule has 134 valence electrons. The first-order valence-corrected chi connectivity index (χ1v) is 7.76. The Kier molecular flexibility index (Phi) is 5.37. The second kappa shape index (κ2) is 8.06. The lowest BCUT2D eigenvalue weighted by molar-refractivity contribution is -0.120. The maximum atomic E-state index is 12.1. The molecule has 1 aromatic carbocycles. The zero-order valence-electron chi connectivity index (χ0n) is 14.3. The largest absolute Gasteiger partial charge is 0.497 e. The highest BCUT2D eigenvalue weighted by atomic mass is 16.5. The van der Waals surface area contributed by atoms with Crippen LogP contribution in [0.4, 0.5) is 0 Å². The van der Waals surface area contributed by atoms with Gasteiger partial charge in [0, 0.05) is 24.5 Å². The second-order valence-corrected chi connectivity index (χ2v) is 5.22. The predicted octanol–water partition coefficient (Wildman–Crippen LogP) is 1.40. The van der Waals surface area contributed by atoms with Crippen molar-refractivity contribution in [3.63, 3.8) is 0 Å². The van der Waals surface area contributed by atoms with Crippen LogP contribution in [-0.4, -0.2) is 40.3 Å². The lowest BCUT2D eigenvalue weighted by atomic mass is 10.2. The number of benzene rings is 1. The maximum Gasteiger partial charge on any atom is 0.267 e. The average molecular weight is 355 g/mol. The van der Waals surface area contributed by atoms with Crippen LogP contribution >= 0.6 is 0 Å². The smallest absolute Gasteiger partial charge is 0.267 e. The molecule has 0 bridgehead atoms. The van der Waals surface area contributed by atoms with Gasteiger partial charge < -0.3 is 19.2 Å². The standard InChI is InChI=1S/C17H17N5O4/c1-24-12-3-4-14(25-2)11(7-12)9-20-15(23)8-16-21-22-17(26-16)13-10-18-5-6-19-13/h3-7,10H,8-9H2,1-2H3,(H,20,23). The van der Waals surface area contributed by atoms with Crippen LogP contribution in [0.1, 0.15) is 11.5 Å². The predicted molar refractivity (Wildman–Crippen MR) is 90.4 cm³/mol. The summed E-state index contributed by atoms with van der Waals surface area (Å²) in [6, 6.07) is 5.38. The molecule has 3 rings (SSSR count). The van der Waals surface area contributed by atoms with Gasteiger partial charge >= 0.3 is 0 Å². The molecule has 1 N–H and O–H groups in total. The molecule has 0 radical (unpaired) electrons. The summed E-state index contributed by atoms with van der Waals surface area (Å²) in [5, 5.41) is 10.5. The molecule has 0 atom stereocenters. The number of carbonyl (C=O) groups is 1. The Morgan fingerprint density at radius 1 is 1.19 bits per heavy atom. The van der Waals surface area contributed by atoms with Gasteiger partial charge in [0.15, 0.2) is 0 Å². The van der Waals surface area contributed by atoms with E-state index in [2.05, 4.69) is 25.5 Å². The molecule has 0 saturated carbocycles. The molecule has 3 aromatic rings. The van der Waals surface area contributed by atoms with Crippen LogP contribution < -0.4 is 14.8 Å². The molecule has 9 nitrogen and oxygen atoms in total. The van der Waals surface area contributed by atoms with Gasteiger partial charge in [0.25, 0.3) is 5.89 Å². The van der Waals surface area contributed by atoms with E-state index < -0.39 is 0 Å². The Morgan fingerprint density at radius 3 is 2.81 bits per heavy atom. The minimum atomic E-state index is -0.260. The third-order valence-electron chi connectivity index (χ3n) is 3.52. The highest BCUT2D eigenvalue weighted by molar-refractivity contribution is 5.77. The molecule has 0 saturated heterocycles. The fourth-order valence-electron chi connectivity index (χ4n) is 2.25. The molecular formula is C17H17N5O4. The fourth-order valence-corrected chi connectivity index (χ4v) is 2.25. The van der Waals surface area contributed by atoms with Gasteiger partial charge in [-0.1, -0.05) is 0 Å². The number of methoxy groups -OCH3 is 2. The summed E-state index contributed by atoms with van der Waals surface area (Å²) >= 11 is 0. The Hall–Kier alpha value is -3.49. The van der Waals surface area contributed by atoms with Crippen molar-refractivity contribution in [1.82, 2.24) is 25.5 Å². The van der Waals surface area contributed by atoms with Crippen LogP contribution in [0.2, 0.25) is 0 Å².